The van der Waals surface area contributed by atoms with Gasteiger partial charge in [0.1, 0.15) is 0 Å². The van der Waals surface area contributed by atoms with E-state index in [9.17, 15) is 0 Å². The summed E-state index contributed by atoms with van der Waals surface area (Å²) in [5.74, 6) is 2.80. The first-order valence-corrected chi connectivity index (χ1v) is 7.06. The minimum absolute atomic E-state index is 0.271. The predicted octanol–water partition coefficient (Wildman–Crippen LogP) is 4.21. The molecular formula is C15H31N. The molecule has 2 N–H and O–H groups in total. The van der Waals surface area contributed by atoms with E-state index in [1.165, 1.54) is 32.1 Å². The fraction of sp³-hybridized carbons (Fsp3) is 1.00. The monoisotopic (exact) mass is 225 g/mol. The van der Waals surface area contributed by atoms with Crippen LogP contribution in [0.15, 0.2) is 0 Å². The molecule has 1 aliphatic rings. The molecular weight excluding hydrogens is 194 g/mol. The molecule has 4 atom stereocenters. The Balaban J connectivity index is 2.29. The summed E-state index contributed by atoms with van der Waals surface area (Å²) in [5.41, 5.74) is 6.50. The van der Waals surface area contributed by atoms with E-state index in [0.717, 1.165) is 17.8 Å². The predicted molar refractivity (Wildman–Crippen MR) is 72.3 cm³/mol. The molecule has 0 bridgehead atoms. The SMILES string of the molecule is CC1CCC(CCC(N)C(C)(C)C)CC1C. The van der Waals surface area contributed by atoms with Gasteiger partial charge in [0.25, 0.3) is 0 Å². The lowest BCUT2D eigenvalue weighted by Crippen LogP contribution is -2.35. The van der Waals surface area contributed by atoms with Crippen molar-refractivity contribution >= 4 is 0 Å². The fourth-order valence-corrected chi connectivity index (χ4v) is 2.77. The van der Waals surface area contributed by atoms with E-state index in [0.29, 0.717) is 6.04 Å². The number of rotatable bonds is 3. The van der Waals surface area contributed by atoms with E-state index in [-0.39, 0.29) is 5.41 Å². The zero-order valence-electron chi connectivity index (χ0n) is 11.9. The van der Waals surface area contributed by atoms with Gasteiger partial charge in [-0.25, -0.2) is 0 Å². The lowest BCUT2D eigenvalue weighted by atomic mass is 9.73. The van der Waals surface area contributed by atoms with Crippen LogP contribution >= 0.6 is 0 Å². The molecule has 1 heteroatoms. The molecule has 1 saturated carbocycles. The van der Waals surface area contributed by atoms with Gasteiger partial charge >= 0.3 is 0 Å². The van der Waals surface area contributed by atoms with Crippen molar-refractivity contribution in [1.82, 2.24) is 0 Å². The van der Waals surface area contributed by atoms with Gasteiger partial charge in [0.2, 0.25) is 0 Å². The summed E-state index contributed by atoms with van der Waals surface area (Å²) in [6, 6.07) is 0.363. The lowest BCUT2D eigenvalue weighted by Gasteiger charge is -2.34. The second-order valence-electron chi connectivity index (χ2n) is 7.18. The molecule has 96 valence electrons. The Labute approximate surface area is 102 Å². The Morgan fingerprint density at radius 2 is 1.75 bits per heavy atom. The normalized spacial score (nSPS) is 33.8. The second-order valence-corrected chi connectivity index (χ2v) is 7.18. The van der Waals surface area contributed by atoms with Crippen LogP contribution in [0.4, 0.5) is 0 Å². The quantitative estimate of drug-likeness (QED) is 0.765. The molecule has 0 spiro atoms. The summed E-state index contributed by atoms with van der Waals surface area (Å²) in [6.07, 6.45) is 6.84. The minimum atomic E-state index is 0.271. The van der Waals surface area contributed by atoms with Crippen LogP contribution in [0.25, 0.3) is 0 Å². The third kappa shape index (κ3) is 4.08. The van der Waals surface area contributed by atoms with Crippen molar-refractivity contribution < 1.29 is 0 Å². The molecule has 1 fully saturated rings. The number of hydrogen-bond acceptors (Lipinski definition) is 1. The van der Waals surface area contributed by atoms with Crippen molar-refractivity contribution in [3.63, 3.8) is 0 Å². The zero-order valence-corrected chi connectivity index (χ0v) is 11.9. The summed E-state index contributed by atoms with van der Waals surface area (Å²) in [6.45, 7) is 11.6. The van der Waals surface area contributed by atoms with Crippen LogP contribution in [0.5, 0.6) is 0 Å². The van der Waals surface area contributed by atoms with E-state index < -0.39 is 0 Å². The van der Waals surface area contributed by atoms with Crippen molar-refractivity contribution in [3.05, 3.63) is 0 Å². The van der Waals surface area contributed by atoms with Gasteiger partial charge in [0.15, 0.2) is 0 Å². The van der Waals surface area contributed by atoms with Crippen molar-refractivity contribution in [2.75, 3.05) is 0 Å². The molecule has 0 aromatic rings. The largest absolute Gasteiger partial charge is 0.327 e. The molecule has 0 amide bonds. The second kappa shape index (κ2) is 5.53. The zero-order chi connectivity index (χ0) is 12.3. The van der Waals surface area contributed by atoms with Gasteiger partial charge in [-0.1, -0.05) is 47.5 Å². The third-order valence-electron chi connectivity index (χ3n) is 4.71. The topological polar surface area (TPSA) is 26.0 Å². The Morgan fingerprint density at radius 3 is 2.25 bits per heavy atom. The van der Waals surface area contributed by atoms with Gasteiger partial charge in [0, 0.05) is 6.04 Å². The average molecular weight is 225 g/mol. The molecule has 1 rings (SSSR count). The summed E-state index contributed by atoms with van der Waals surface area (Å²) in [5, 5.41) is 0. The Morgan fingerprint density at radius 1 is 1.12 bits per heavy atom. The minimum Gasteiger partial charge on any atom is -0.327 e. The summed E-state index contributed by atoms with van der Waals surface area (Å²) in [4.78, 5) is 0. The highest BCUT2D eigenvalue weighted by Crippen LogP contribution is 2.36. The molecule has 4 unspecified atom stereocenters. The first kappa shape index (κ1) is 14.0. The van der Waals surface area contributed by atoms with Crippen LogP contribution in [0, 0.1) is 23.2 Å². The van der Waals surface area contributed by atoms with Crippen LogP contribution < -0.4 is 5.73 Å². The molecule has 0 aromatic heterocycles. The molecule has 0 aliphatic heterocycles. The maximum absolute atomic E-state index is 6.23. The van der Waals surface area contributed by atoms with Gasteiger partial charge in [-0.15, -0.1) is 0 Å². The average Bonchev–Trinajstić information content (AvgIpc) is 2.18. The molecule has 1 aliphatic carbocycles. The van der Waals surface area contributed by atoms with Crippen LogP contribution in [0.3, 0.4) is 0 Å². The maximum Gasteiger partial charge on any atom is 0.00877 e. The Bertz CT molecular complexity index is 204. The molecule has 1 nitrogen and oxygen atoms in total. The van der Waals surface area contributed by atoms with E-state index in [1.54, 1.807) is 0 Å². The van der Waals surface area contributed by atoms with E-state index in [4.69, 9.17) is 5.73 Å². The van der Waals surface area contributed by atoms with E-state index in [2.05, 4.69) is 34.6 Å². The Hall–Kier alpha value is -0.0400. The van der Waals surface area contributed by atoms with Crippen molar-refractivity contribution in [1.29, 1.82) is 0 Å². The molecule has 0 heterocycles. The van der Waals surface area contributed by atoms with Crippen LogP contribution in [0.1, 0.15) is 66.7 Å². The van der Waals surface area contributed by atoms with Gasteiger partial charge in [-0.2, -0.15) is 0 Å². The Kier molecular flexibility index (Phi) is 4.85. The smallest absolute Gasteiger partial charge is 0.00877 e. The standard InChI is InChI=1S/C15H31N/c1-11-6-7-13(10-12(11)2)8-9-14(16)15(3,4)5/h11-14H,6-10,16H2,1-5H3. The van der Waals surface area contributed by atoms with Crippen LogP contribution in [0.2, 0.25) is 0 Å². The van der Waals surface area contributed by atoms with Gasteiger partial charge in [-0.3, -0.25) is 0 Å². The van der Waals surface area contributed by atoms with Crippen molar-refractivity contribution in [2.45, 2.75) is 72.8 Å². The summed E-state index contributed by atoms with van der Waals surface area (Å²) < 4.78 is 0. The highest BCUT2D eigenvalue weighted by molar-refractivity contribution is 4.80. The van der Waals surface area contributed by atoms with Crippen molar-refractivity contribution in [3.8, 4) is 0 Å². The summed E-state index contributed by atoms with van der Waals surface area (Å²) in [7, 11) is 0. The highest BCUT2D eigenvalue weighted by atomic mass is 14.7. The number of hydrogen-bond donors (Lipinski definition) is 1. The molecule has 16 heavy (non-hydrogen) atoms. The van der Waals surface area contributed by atoms with Gasteiger partial charge in [-0.05, 0) is 42.4 Å². The first-order valence-electron chi connectivity index (χ1n) is 7.06. The van der Waals surface area contributed by atoms with Crippen molar-refractivity contribution in [2.24, 2.45) is 28.9 Å². The highest BCUT2D eigenvalue weighted by Gasteiger charge is 2.26. The summed E-state index contributed by atoms with van der Waals surface area (Å²) >= 11 is 0. The van der Waals surface area contributed by atoms with Crippen LogP contribution in [-0.2, 0) is 0 Å². The first-order chi connectivity index (χ1) is 7.30. The third-order valence-corrected chi connectivity index (χ3v) is 4.71. The molecule has 0 aromatic carbocycles. The number of nitrogens with two attached hydrogens (primary N) is 1. The molecule has 0 saturated heterocycles. The van der Waals surface area contributed by atoms with E-state index in [1.807, 2.05) is 0 Å². The van der Waals surface area contributed by atoms with Crippen LogP contribution in [-0.4, -0.2) is 6.04 Å². The van der Waals surface area contributed by atoms with E-state index >= 15 is 0 Å². The van der Waals surface area contributed by atoms with Gasteiger partial charge < -0.3 is 5.73 Å². The lowest BCUT2D eigenvalue weighted by molar-refractivity contribution is 0.186. The van der Waals surface area contributed by atoms with Gasteiger partial charge in [0.05, 0.1) is 0 Å². The fourth-order valence-electron chi connectivity index (χ4n) is 2.77. The maximum atomic E-state index is 6.23. The molecule has 0 radical (unpaired) electrons.